The van der Waals surface area contributed by atoms with Crippen LogP contribution in [0.4, 0.5) is 0 Å². The molecule has 152 valence electrons. The van der Waals surface area contributed by atoms with Gasteiger partial charge in [0.2, 0.25) is 11.7 Å². The summed E-state index contributed by atoms with van der Waals surface area (Å²) in [5, 5.41) is 4.10. The average molecular weight is 413 g/mol. The third-order valence-electron chi connectivity index (χ3n) is 4.32. The number of benzene rings is 2. The van der Waals surface area contributed by atoms with Gasteiger partial charge in [-0.25, -0.2) is 0 Å². The van der Waals surface area contributed by atoms with E-state index >= 15 is 0 Å². The van der Waals surface area contributed by atoms with Crippen molar-refractivity contribution in [3.8, 4) is 17.2 Å². The van der Waals surface area contributed by atoms with E-state index in [0.29, 0.717) is 23.8 Å². The van der Waals surface area contributed by atoms with Gasteiger partial charge in [-0.1, -0.05) is 18.2 Å². The van der Waals surface area contributed by atoms with E-state index in [2.05, 4.69) is 22.4 Å². The number of hydrogen-bond acceptors (Lipinski definition) is 5. The number of nitrogens with one attached hydrogen (secondary N) is 2. The molecule has 7 heteroatoms. The van der Waals surface area contributed by atoms with E-state index in [-0.39, 0.29) is 5.91 Å². The van der Waals surface area contributed by atoms with Crippen LogP contribution in [-0.4, -0.2) is 44.5 Å². The minimum atomic E-state index is -0.154. The zero-order chi connectivity index (χ0) is 20.6. The molecule has 0 unspecified atom stereocenters. The standard InChI is InChI=1S/C22H24N2O4S/c1-26-18-12-15(13-19(27-2)22(18)28-3)8-9-21(25)23-10-11-29-20-14-24-17-7-5-4-6-16(17)20/h4-9,12-14,24H,10-11H2,1-3H3,(H,23,25)/b9-8+. The Hall–Kier alpha value is -3.06. The van der Waals surface area contributed by atoms with E-state index in [9.17, 15) is 4.79 Å². The number of hydrogen-bond donors (Lipinski definition) is 2. The second kappa shape index (κ2) is 9.93. The molecule has 6 nitrogen and oxygen atoms in total. The topological polar surface area (TPSA) is 72.6 Å². The van der Waals surface area contributed by atoms with Gasteiger partial charge in [-0.3, -0.25) is 4.79 Å². The van der Waals surface area contributed by atoms with Gasteiger partial charge in [-0.2, -0.15) is 0 Å². The van der Waals surface area contributed by atoms with Crippen LogP contribution in [0.3, 0.4) is 0 Å². The van der Waals surface area contributed by atoms with Crippen LogP contribution in [0, 0.1) is 0 Å². The molecule has 3 rings (SSSR count). The molecule has 0 fully saturated rings. The fourth-order valence-electron chi connectivity index (χ4n) is 2.93. The normalized spacial score (nSPS) is 11.0. The highest BCUT2D eigenvalue weighted by Gasteiger charge is 2.12. The summed E-state index contributed by atoms with van der Waals surface area (Å²) in [4.78, 5) is 16.6. The van der Waals surface area contributed by atoms with E-state index < -0.39 is 0 Å². The lowest BCUT2D eigenvalue weighted by atomic mass is 10.1. The Morgan fingerprint density at radius 1 is 1.10 bits per heavy atom. The van der Waals surface area contributed by atoms with Crippen molar-refractivity contribution in [3.63, 3.8) is 0 Å². The SMILES string of the molecule is COc1cc(/C=C/C(=O)NCCSc2c[nH]c3ccccc23)cc(OC)c1OC. The van der Waals surface area contributed by atoms with Crippen molar-refractivity contribution in [1.82, 2.24) is 10.3 Å². The Morgan fingerprint density at radius 2 is 1.83 bits per heavy atom. The van der Waals surface area contributed by atoms with Crippen LogP contribution in [0.2, 0.25) is 0 Å². The Balaban J connectivity index is 1.53. The highest BCUT2D eigenvalue weighted by Crippen LogP contribution is 2.38. The molecule has 3 aromatic rings. The largest absolute Gasteiger partial charge is 0.493 e. The van der Waals surface area contributed by atoms with Crippen LogP contribution < -0.4 is 19.5 Å². The maximum Gasteiger partial charge on any atom is 0.244 e. The summed E-state index contributed by atoms with van der Waals surface area (Å²) in [5.74, 6) is 2.24. The van der Waals surface area contributed by atoms with E-state index in [1.165, 1.54) is 16.4 Å². The van der Waals surface area contributed by atoms with Crippen LogP contribution in [-0.2, 0) is 4.79 Å². The fraction of sp³-hybridized carbons (Fsp3) is 0.227. The van der Waals surface area contributed by atoms with E-state index in [1.807, 2.05) is 18.3 Å². The van der Waals surface area contributed by atoms with Gasteiger partial charge in [0.1, 0.15) is 0 Å². The number of amides is 1. The number of aromatic amines is 1. The first-order valence-corrected chi connectivity index (χ1v) is 10.1. The number of rotatable bonds is 9. The maximum atomic E-state index is 12.1. The highest BCUT2D eigenvalue weighted by molar-refractivity contribution is 7.99. The summed E-state index contributed by atoms with van der Waals surface area (Å²) < 4.78 is 16.0. The van der Waals surface area contributed by atoms with Crippen molar-refractivity contribution in [1.29, 1.82) is 0 Å². The third-order valence-corrected chi connectivity index (χ3v) is 5.38. The number of ether oxygens (including phenoxy) is 3. The van der Waals surface area contributed by atoms with Gasteiger partial charge in [-0.05, 0) is 29.8 Å². The van der Waals surface area contributed by atoms with Crippen molar-refractivity contribution in [2.75, 3.05) is 33.6 Å². The zero-order valence-corrected chi connectivity index (χ0v) is 17.5. The number of aromatic nitrogens is 1. The number of H-pyrrole nitrogens is 1. The van der Waals surface area contributed by atoms with Crippen molar-refractivity contribution >= 4 is 34.6 Å². The molecule has 0 atom stereocenters. The van der Waals surface area contributed by atoms with Gasteiger partial charge in [0.05, 0.1) is 21.3 Å². The van der Waals surface area contributed by atoms with E-state index in [4.69, 9.17) is 14.2 Å². The molecule has 0 aliphatic rings. The summed E-state index contributed by atoms with van der Waals surface area (Å²) in [6.45, 7) is 0.572. The second-order valence-corrected chi connectivity index (χ2v) is 7.27. The Bertz CT molecular complexity index is 988. The molecule has 0 aliphatic carbocycles. The molecule has 1 amide bonds. The molecular weight excluding hydrogens is 388 g/mol. The molecule has 0 radical (unpaired) electrons. The summed E-state index contributed by atoms with van der Waals surface area (Å²) in [6, 6.07) is 11.8. The monoisotopic (exact) mass is 412 g/mol. The third kappa shape index (κ3) is 5.06. The first-order chi connectivity index (χ1) is 14.2. The summed E-state index contributed by atoms with van der Waals surface area (Å²) in [7, 11) is 4.67. The molecule has 0 saturated heterocycles. The van der Waals surface area contributed by atoms with Gasteiger partial charge < -0.3 is 24.5 Å². The number of carbonyl (C=O) groups excluding carboxylic acids is 1. The molecule has 0 bridgehead atoms. The molecule has 2 N–H and O–H groups in total. The maximum absolute atomic E-state index is 12.1. The summed E-state index contributed by atoms with van der Waals surface area (Å²) in [5.41, 5.74) is 1.90. The van der Waals surface area contributed by atoms with Gasteiger partial charge in [0.25, 0.3) is 0 Å². The highest BCUT2D eigenvalue weighted by atomic mass is 32.2. The van der Waals surface area contributed by atoms with Gasteiger partial charge >= 0.3 is 0 Å². The second-order valence-electron chi connectivity index (χ2n) is 6.13. The summed E-state index contributed by atoms with van der Waals surface area (Å²) in [6.07, 6.45) is 5.21. The quantitative estimate of drug-likeness (QED) is 0.314. The number of thioether (sulfide) groups is 1. The minimum absolute atomic E-state index is 0.154. The van der Waals surface area contributed by atoms with Crippen molar-refractivity contribution in [2.45, 2.75) is 4.90 Å². The lowest BCUT2D eigenvalue weighted by Crippen LogP contribution is -2.23. The molecule has 0 spiro atoms. The molecule has 1 aromatic heterocycles. The van der Waals surface area contributed by atoms with Gasteiger partial charge in [0, 0.05) is 40.4 Å². The van der Waals surface area contributed by atoms with Crippen LogP contribution in [0.25, 0.3) is 17.0 Å². The molecule has 2 aromatic carbocycles. The van der Waals surface area contributed by atoms with Gasteiger partial charge in [-0.15, -0.1) is 11.8 Å². The van der Waals surface area contributed by atoms with Crippen molar-refractivity contribution in [3.05, 3.63) is 54.2 Å². The van der Waals surface area contributed by atoms with E-state index in [0.717, 1.165) is 16.8 Å². The fourth-order valence-corrected chi connectivity index (χ4v) is 3.83. The molecular formula is C22H24N2O4S. The molecule has 0 saturated carbocycles. The van der Waals surface area contributed by atoms with Crippen molar-refractivity contribution < 1.29 is 19.0 Å². The predicted octanol–water partition coefficient (Wildman–Crippen LogP) is 4.12. The minimum Gasteiger partial charge on any atom is -0.493 e. The van der Waals surface area contributed by atoms with Crippen LogP contribution in [0.15, 0.2) is 53.6 Å². The van der Waals surface area contributed by atoms with Crippen LogP contribution >= 0.6 is 11.8 Å². The zero-order valence-electron chi connectivity index (χ0n) is 16.7. The van der Waals surface area contributed by atoms with Crippen LogP contribution in [0.1, 0.15) is 5.56 Å². The number of methoxy groups -OCH3 is 3. The molecule has 1 heterocycles. The lowest BCUT2D eigenvalue weighted by Gasteiger charge is -2.12. The lowest BCUT2D eigenvalue weighted by molar-refractivity contribution is -0.116. The number of fused-ring (bicyclic) bond motifs is 1. The average Bonchev–Trinajstić information content (AvgIpc) is 3.17. The predicted molar refractivity (Wildman–Crippen MR) is 117 cm³/mol. The molecule has 0 aliphatic heterocycles. The first kappa shape index (κ1) is 20.7. The number of carbonyl (C=O) groups is 1. The first-order valence-electron chi connectivity index (χ1n) is 9.11. The van der Waals surface area contributed by atoms with Crippen LogP contribution in [0.5, 0.6) is 17.2 Å². The molecule has 29 heavy (non-hydrogen) atoms. The van der Waals surface area contributed by atoms with E-state index in [1.54, 1.807) is 51.3 Å². The number of para-hydroxylation sites is 1. The Labute approximate surface area is 174 Å². The Kier molecular flexibility index (Phi) is 7.08. The van der Waals surface area contributed by atoms with Gasteiger partial charge in [0.15, 0.2) is 11.5 Å². The Morgan fingerprint density at radius 3 is 2.52 bits per heavy atom. The smallest absolute Gasteiger partial charge is 0.244 e. The van der Waals surface area contributed by atoms with Crippen molar-refractivity contribution in [2.24, 2.45) is 0 Å². The summed E-state index contributed by atoms with van der Waals surface area (Å²) >= 11 is 1.71.